The molecule has 1 unspecified atom stereocenters. The molecule has 0 bridgehead atoms. The van der Waals surface area contributed by atoms with Crippen molar-refractivity contribution in [1.82, 2.24) is 0 Å². The van der Waals surface area contributed by atoms with Crippen LogP contribution in [0, 0.1) is 0 Å². The molecule has 1 atom stereocenters. The Balaban J connectivity index is 2.16. The van der Waals surface area contributed by atoms with Crippen molar-refractivity contribution in [2.75, 3.05) is 0 Å². The van der Waals surface area contributed by atoms with E-state index in [9.17, 15) is 4.79 Å². The van der Waals surface area contributed by atoms with Crippen LogP contribution in [0.2, 0.25) is 0 Å². The molecule has 0 aliphatic rings. The fourth-order valence-corrected chi connectivity index (χ4v) is 2.68. The lowest BCUT2D eigenvalue weighted by Crippen LogP contribution is -1.94. The molecule has 0 amide bonds. The number of carbonyl (C=O) groups excluding carboxylic acids is 1. The monoisotopic (exact) mass is 306 g/mol. The average Bonchev–Trinajstić information content (AvgIpc) is 2.39. The first-order valence-corrected chi connectivity index (χ1v) is 6.89. The molecule has 2 aromatic carbocycles. The number of hydrogen-bond acceptors (Lipinski definition) is 2. The van der Waals surface area contributed by atoms with Gasteiger partial charge in [0, 0.05) is 9.37 Å². The van der Waals surface area contributed by atoms with E-state index in [1.165, 1.54) is 0 Å². The van der Waals surface area contributed by atoms with E-state index in [1.54, 1.807) is 11.8 Å². The largest absolute Gasteiger partial charge is 0.302 e. The van der Waals surface area contributed by atoms with Crippen LogP contribution < -0.4 is 0 Å². The van der Waals surface area contributed by atoms with Gasteiger partial charge in [0.15, 0.2) is 0 Å². The molecule has 0 radical (unpaired) electrons. The Morgan fingerprint density at radius 3 is 2.24 bits per heavy atom. The number of carbonyl (C=O) groups is 1. The molecule has 0 spiro atoms. The summed E-state index contributed by atoms with van der Waals surface area (Å²) in [5.74, 6) is 0. The fraction of sp³-hybridized carbons (Fsp3) is 0.0714. The SMILES string of the molecule is O=CC(Sc1ccc(Br)cc1)c1ccccc1. The van der Waals surface area contributed by atoms with Gasteiger partial charge in [0.05, 0.1) is 5.25 Å². The Labute approximate surface area is 113 Å². The number of rotatable bonds is 4. The Hall–Kier alpha value is -1.06. The summed E-state index contributed by atoms with van der Waals surface area (Å²) in [4.78, 5) is 12.2. The van der Waals surface area contributed by atoms with Crippen molar-refractivity contribution in [2.24, 2.45) is 0 Å². The number of thioether (sulfide) groups is 1. The second-order valence-electron chi connectivity index (χ2n) is 3.54. The van der Waals surface area contributed by atoms with Gasteiger partial charge in [-0.3, -0.25) is 0 Å². The van der Waals surface area contributed by atoms with Gasteiger partial charge in [0.2, 0.25) is 0 Å². The predicted octanol–water partition coefficient (Wildman–Crippen LogP) is 4.48. The van der Waals surface area contributed by atoms with E-state index < -0.39 is 0 Å². The molecular weight excluding hydrogens is 296 g/mol. The summed E-state index contributed by atoms with van der Waals surface area (Å²) in [7, 11) is 0. The van der Waals surface area contributed by atoms with Crippen molar-refractivity contribution >= 4 is 34.0 Å². The number of benzene rings is 2. The minimum absolute atomic E-state index is 0.141. The van der Waals surface area contributed by atoms with E-state index in [0.717, 1.165) is 21.2 Å². The number of halogens is 1. The molecule has 86 valence electrons. The lowest BCUT2D eigenvalue weighted by molar-refractivity contribution is -0.107. The maximum absolute atomic E-state index is 11.1. The van der Waals surface area contributed by atoms with Crippen molar-refractivity contribution in [3.63, 3.8) is 0 Å². The van der Waals surface area contributed by atoms with Crippen LogP contribution in [0.3, 0.4) is 0 Å². The summed E-state index contributed by atoms with van der Waals surface area (Å²) in [5, 5.41) is -0.141. The maximum atomic E-state index is 11.1. The molecule has 0 heterocycles. The first-order chi connectivity index (χ1) is 8.29. The van der Waals surface area contributed by atoms with E-state index in [1.807, 2.05) is 54.6 Å². The molecule has 0 aromatic heterocycles. The quantitative estimate of drug-likeness (QED) is 0.612. The van der Waals surface area contributed by atoms with Gasteiger partial charge in [-0.15, -0.1) is 11.8 Å². The van der Waals surface area contributed by atoms with Crippen molar-refractivity contribution in [3.8, 4) is 0 Å². The highest BCUT2D eigenvalue weighted by atomic mass is 79.9. The van der Waals surface area contributed by atoms with Crippen LogP contribution in [-0.4, -0.2) is 6.29 Å². The smallest absolute Gasteiger partial charge is 0.137 e. The standard InChI is InChI=1S/C14H11BrOS/c15-12-6-8-13(9-7-12)17-14(10-16)11-4-2-1-3-5-11/h1-10,14H. The van der Waals surface area contributed by atoms with Gasteiger partial charge >= 0.3 is 0 Å². The van der Waals surface area contributed by atoms with Gasteiger partial charge < -0.3 is 4.79 Å². The van der Waals surface area contributed by atoms with Gasteiger partial charge in [0.1, 0.15) is 6.29 Å². The van der Waals surface area contributed by atoms with E-state index >= 15 is 0 Å². The summed E-state index contributed by atoms with van der Waals surface area (Å²) in [6.45, 7) is 0. The van der Waals surface area contributed by atoms with Crippen LogP contribution in [0.1, 0.15) is 10.8 Å². The van der Waals surface area contributed by atoms with Crippen LogP contribution >= 0.6 is 27.7 Å². The fourth-order valence-electron chi connectivity index (χ4n) is 1.48. The zero-order chi connectivity index (χ0) is 12.1. The summed E-state index contributed by atoms with van der Waals surface area (Å²) < 4.78 is 1.05. The maximum Gasteiger partial charge on any atom is 0.137 e. The Morgan fingerprint density at radius 2 is 1.65 bits per heavy atom. The summed E-state index contributed by atoms with van der Waals surface area (Å²) in [6, 6.07) is 17.8. The van der Waals surface area contributed by atoms with Gasteiger partial charge in [-0.1, -0.05) is 46.3 Å². The molecule has 1 nitrogen and oxygen atoms in total. The van der Waals surface area contributed by atoms with Gasteiger partial charge in [-0.2, -0.15) is 0 Å². The highest BCUT2D eigenvalue weighted by Crippen LogP contribution is 2.33. The molecule has 3 heteroatoms. The Bertz CT molecular complexity index is 481. The summed E-state index contributed by atoms with van der Waals surface area (Å²) in [5.41, 5.74) is 1.04. The molecule has 17 heavy (non-hydrogen) atoms. The van der Waals surface area contributed by atoms with Crippen LogP contribution in [0.15, 0.2) is 64.0 Å². The average molecular weight is 307 g/mol. The first kappa shape index (κ1) is 12.4. The summed E-state index contributed by atoms with van der Waals surface area (Å²) in [6.07, 6.45) is 0.988. The highest BCUT2D eigenvalue weighted by Gasteiger charge is 2.11. The van der Waals surface area contributed by atoms with Gasteiger partial charge in [0.25, 0.3) is 0 Å². The van der Waals surface area contributed by atoms with Crippen molar-refractivity contribution in [1.29, 1.82) is 0 Å². The highest BCUT2D eigenvalue weighted by molar-refractivity contribution is 9.10. The third-order valence-corrected chi connectivity index (χ3v) is 4.04. The molecular formula is C14H11BrOS. The van der Waals surface area contributed by atoms with E-state index in [0.29, 0.717) is 0 Å². The molecule has 0 aliphatic carbocycles. The zero-order valence-corrected chi connectivity index (χ0v) is 11.4. The lowest BCUT2D eigenvalue weighted by atomic mass is 10.2. The molecule has 0 saturated heterocycles. The number of hydrogen-bond donors (Lipinski definition) is 0. The zero-order valence-electron chi connectivity index (χ0n) is 9.05. The van der Waals surface area contributed by atoms with Crippen LogP contribution in [-0.2, 0) is 4.79 Å². The Kier molecular flexibility index (Phi) is 4.40. The van der Waals surface area contributed by atoms with Gasteiger partial charge in [-0.05, 0) is 29.8 Å². The predicted molar refractivity (Wildman–Crippen MR) is 75.2 cm³/mol. The minimum Gasteiger partial charge on any atom is -0.302 e. The summed E-state index contributed by atoms with van der Waals surface area (Å²) >= 11 is 4.96. The number of aldehydes is 1. The Morgan fingerprint density at radius 1 is 1.00 bits per heavy atom. The molecule has 0 fully saturated rings. The third kappa shape index (κ3) is 3.45. The topological polar surface area (TPSA) is 17.1 Å². The molecule has 0 aliphatic heterocycles. The van der Waals surface area contributed by atoms with E-state index in [4.69, 9.17) is 0 Å². The molecule has 2 rings (SSSR count). The molecule has 0 saturated carbocycles. The normalized spacial score (nSPS) is 12.1. The first-order valence-electron chi connectivity index (χ1n) is 5.22. The van der Waals surface area contributed by atoms with E-state index in [2.05, 4.69) is 15.9 Å². The minimum atomic E-state index is -0.141. The van der Waals surface area contributed by atoms with Crippen LogP contribution in [0.4, 0.5) is 0 Å². The van der Waals surface area contributed by atoms with E-state index in [-0.39, 0.29) is 5.25 Å². The van der Waals surface area contributed by atoms with Crippen LogP contribution in [0.5, 0.6) is 0 Å². The van der Waals surface area contributed by atoms with Crippen molar-refractivity contribution in [3.05, 3.63) is 64.6 Å². The van der Waals surface area contributed by atoms with Gasteiger partial charge in [-0.25, -0.2) is 0 Å². The second kappa shape index (κ2) is 6.03. The third-order valence-electron chi connectivity index (χ3n) is 2.33. The molecule has 0 N–H and O–H groups in total. The second-order valence-corrected chi connectivity index (χ2v) is 5.67. The lowest BCUT2D eigenvalue weighted by Gasteiger charge is -2.10. The van der Waals surface area contributed by atoms with Crippen molar-refractivity contribution < 1.29 is 4.79 Å². The van der Waals surface area contributed by atoms with Crippen LogP contribution in [0.25, 0.3) is 0 Å². The molecule has 2 aromatic rings. The van der Waals surface area contributed by atoms with Crippen molar-refractivity contribution in [2.45, 2.75) is 10.1 Å².